The van der Waals surface area contributed by atoms with E-state index in [2.05, 4.69) is 10.3 Å². The molecule has 184 valence electrons. The second-order valence-electron chi connectivity index (χ2n) is 8.08. The lowest BCUT2D eigenvalue weighted by molar-refractivity contribution is -0.141. The monoisotopic (exact) mass is 486 g/mol. The molecule has 4 rings (SSSR count). The number of aromatic nitrogens is 1. The lowest BCUT2D eigenvalue weighted by atomic mass is 10.1. The highest BCUT2D eigenvalue weighted by atomic mass is 16.5. The van der Waals surface area contributed by atoms with E-state index in [4.69, 9.17) is 13.6 Å². The Morgan fingerprint density at radius 2 is 1.86 bits per heavy atom. The number of carboxylic acid groups (broad SMARTS) is 1. The van der Waals surface area contributed by atoms with Crippen molar-refractivity contribution in [1.29, 1.82) is 0 Å². The van der Waals surface area contributed by atoms with E-state index in [1.807, 2.05) is 37.3 Å². The molecule has 0 spiro atoms. The zero-order valence-electron chi connectivity index (χ0n) is 19.7. The number of carbonyl (C=O) groups is 2. The van der Waals surface area contributed by atoms with Crippen molar-refractivity contribution in [2.75, 3.05) is 6.61 Å². The van der Waals surface area contributed by atoms with Gasteiger partial charge in [-0.3, -0.25) is 4.79 Å². The van der Waals surface area contributed by atoms with Crippen LogP contribution in [-0.2, 0) is 22.4 Å². The fraction of sp³-hybridized carbons (Fsp3) is 0.179. The summed E-state index contributed by atoms with van der Waals surface area (Å²) in [4.78, 5) is 28.3. The highest BCUT2D eigenvalue weighted by molar-refractivity contribution is 5.94. The second-order valence-corrected chi connectivity index (χ2v) is 8.08. The zero-order chi connectivity index (χ0) is 25.3. The molecule has 2 aromatic carbocycles. The summed E-state index contributed by atoms with van der Waals surface area (Å²) >= 11 is 0. The fourth-order valence-electron chi connectivity index (χ4n) is 3.55. The first-order valence-electron chi connectivity index (χ1n) is 11.5. The number of nitrogens with one attached hydrogen (secondary N) is 1. The Bertz CT molecular complexity index is 1310. The number of rotatable bonds is 11. The Labute approximate surface area is 208 Å². The first-order chi connectivity index (χ1) is 17.5. The van der Waals surface area contributed by atoms with E-state index in [0.717, 1.165) is 22.6 Å². The van der Waals surface area contributed by atoms with Crippen LogP contribution in [0.25, 0.3) is 17.5 Å². The average molecular weight is 487 g/mol. The first kappa shape index (κ1) is 24.5. The number of nitrogens with zero attached hydrogens (tertiary/aromatic N) is 1. The Morgan fingerprint density at radius 3 is 2.56 bits per heavy atom. The number of aliphatic carboxylic acids is 1. The quantitative estimate of drug-likeness (QED) is 0.296. The van der Waals surface area contributed by atoms with Gasteiger partial charge in [-0.25, -0.2) is 9.78 Å². The molecule has 0 radical (unpaired) electrons. The van der Waals surface area contributed by atoms with E-state index in [0.29, 0.717) is 30.4 Å². The van der Waals surface area contributed by atoms with Crippen LogP contribution in [0.3, 0.4) is 0 Å². The van der Waals surface area contributed by atoms with E-state index in [1.165, 1.54) is 18.4 Å². The Kier molecular flexibility index (Phi) is 7.97. The Balaban J connectivity index is 1.28. The topological polar surface area (TPSA) is 115 Å². The summed E-state index contributed by atoms with van der Waals surface area (Å²) in [6, 6.07) is 19.2. The van der Waals surface area contributed by atoms with Crippen LogP contribution in [0.2, 0.25) is 0 Å². The van der Waals surface area contributed by atoms with Gasteiger partial charge in [0.05, 0.1) is 18.6 Å². The highest BCUT2D eigenvalue weighted by Gasteiger charge is 2.19. The molecule has 2 N–H and O–H groups in total. The highest BCUT2D eigenvalue weighted by Crippen LogP contribution is 2.22. The molecule has 0 saturated carbocycles. The van der Waals surface area contributed by atoms with Gasteiger partial charge in [0.25, 0.3) is 0 Å². The molecule has 2 heterocycles. The summed E-state index contributed by atoms with van der Waals surface area (Å²) in [6.45, 7) is 2.30. The maximum Gasteiger partial charge on any atom is 0.326 e. The number of benzene rings is 2. The van der Waals surface area contributed by atoms with E-state index >= 15 is 0 Å². The lowest BCUT2D eigenvalue weighted by Gasteiger charge is -2.14. The molecule has 2 aromatic heterocycles. The third-order valence-corrected chi connectivity index (χ3v) is 5.44. The minimum atomic E-state index is -1.12. The van der Waals surface area contributed by atoms with Gasteiger partial charge in [0.1, 0.15) is 23.3 Å². The van der Waals surface area contributed by atoms with Crippen LogP contribution in [0.15, 0.2) is 87.9 Å². The van der Waals surface area contributed by atoms with Crippen molar-refractivity contribution < 1.29 is 28.3 Å². The summed E-state index contributed by atoms with van der Waals surface area (Å²) in [5.41, 5.74) is 2.52. The third-order valence-electron chi connectivity index (χ3n) is 5.44. The van der Waals surface area contributed by atoms with Crippen molar-refractivity contribution in [3.63, 3.8) is 0 Å². The zero-order valence-corrected chi connectivity index (χ0v) is 19.7. The molecule has 0 unspecified atom stereocenters. The molecule has 0 aliphatic heterocycles. The first-order valence-corrected chi connectivity index (χ1v) is 11.5. The largest absolute Gasteiger partial charge is 0.493 e. The molecular formula is C28H26N2O6. The van der Waals surface area contributed by atoms with Gasteiger partial charge in [-0.2, -0.15) is 0 Å². The van der Waals surface area contributed by atoms with Gasteiger partial charge >= 0.3 is 5.97 Å². The Morgan fingerprint density at radius 1 is 1.08 bits per heavy atom. The van der Waals surface area contributed by atoms with E-state index in [1.54, 1.807) is 36.4 Å². The SMILES string of the molecule is Cc1oc(-c2ccccc2)nc1CCOc1ccc(C[C@@H](NC(=O)/C=C/c2ccco2)C(=O)O)cc1. The molecule has 4 aromatic rings. The molecule has 0 fully saturated rings. The van der Waals surface area contributed by atoms with Crippen LogP contribution in [0.1, 0.15) is 22.8 Å². The van der Waals surface area contributed by atoms with Gasteiger partial charge in [0.2, 0.25) is 11.8 Å². The predicted molar refractivity (Wildman–Crippen MR) is 133 cm³/mol. The number of oxazole rings is 1. The number of carboxylic acids is 1. The summed E-state index contributed by atoms with van der Waals surface area (Å²) < 4.78 is 16.7. The maximum atomic E-state index is 12.1. The van der Waals surface area contributed by atoms with Crippen LogP contribution in [0, 0.1) is 6.92 Å². The summed E-state index contributed by atoms with van der Waals surface area (Å²) in [6.07, 6.45) is 4.93. The molecule has 8 heteroatoms. The molecule has 0 saturated heterocycles. The summed E-state index contributed by atoms with van der Waals surface area (Å²) in [5, 5.41) is 12.0. The molecule has 1 amide bonds. The van der Waals surface area contributed by atoms with Gasteiger partial charge in [-0.15, -0.1) is 0 Å². The van der Waals surface area contributed by atoms with Crippen LogP contribution in [0.5, 0.6) is 5.75 Å². The van der Waals surface area contributed by atoms with Crippen LogP contribution in [0.4, 0.5) is 0 Å². The fourth-order valence-corrected chi connectivity index (χ4v) is 3.55. The number of amides is 1. The standard InChI is InChI=1S/C28H26N2O6/c1-19-24(30-27(36-19)21-6-3-2-4-7-21)15-17-35-23-11-9-20(10-12-23)18-25(28(32)33)29-26(31)14-13-22-8-5-16-34-22/h2-14,16,25H,15,17-18H2,1H3,(H,29,31)(H,32,33)/b14-13+/t25-/m1/s1. The van der Waals surface area contributed by atoms with Crippen LogP contribution < -0.4 is 10.1 Å². The number of hydrogen-bond acceptors (Lipinski definition) is 6. The molecule has 8 nitrogen and oxygen atoms in total. The molecular weight excluding hydrogens is 460 g/mol. The van der Waals surface area contributed by atoms with Gasteiger partial charge in [-0.05, 0) is 55.0 Å². The maximum absolute atomic E-state index is 12.1. The van der Waals surface area contributed by atoms with Gasteiger partial charge < -0.3 is 24.0 Å². The Hall–Kier alpha value is -4.59. The van der Waals surface area contributed by atoms with Crippen LogP contribution >= 0.6 is 0 Å². The third kappa shape index (κ3) is 6.73. The molecule has 0 bridgehead atoms. The molecule has 0 aliphatic rings. The molecule has 0 aliphatic carbocycles. The van der Waals surface area contributed by atoms with Crippen molar-refractivity contribution >= 4 is 18.0 Å². The van der Waals surface area contributed by atoms with Gasteiger partial charge in [-0.1, -0.05) is 30.3 Å². The van der Waals surface area contributed by atoms with Crippen molar-refractivity contribution in [3.05, 3.63) is 102 Å². The van der Waals surface area contributed by atoms with Crippen molar-refractivity contribution in [3.8, 4) is 17.2 Å². The normalized spacial score (nSPS) is 11.9. The summed E-state index contributed by atoms with van der Waals surface area (Å²) in [5.74, 6) is 0.867. The average Bonchev–Trinajstić information content (AvgIpc) is 3.54. The van der Waals surface area contributed by atoms with Crippen LogP contribution in [-0.4, -0.2) is 34.6 Å². The minimum Gasteiger partial charge on any atom is -0.493 e. The molecule has 1 atom stereocenters. The predicted octanol–water partition coefficient (Wildman–Crippen LogP) is 4.69. The number of aryl methyl sites for hydroxylation is 1. The van der Waals surface area contributed by atoms with Crippen molar-refractivity contribution in [2.24, 2.45) is 0 Å². The second kappa shape index (κ2) is 11.7. The number of carbonyl (C=O) groups excluding carboxylic acids is 1. The van der Waals surface area contributed by atoms with E-state index in [-0.39, 0.29) is 6.42 Å². The summed E-state index contributed by atoms with van der Waals surface area (Å²) in [7, 11) is 0. The smallest absolute Gasteiger partial charge is 0.326 e. The number of ether oxygens (including phenoxy) is 1. The van der Waals surface area contributed by atoms with Crippen molar-refractivity contribution in [2.45, 2.75) is 25.8 Å². The van der Waals surface area contributed by atoms with E-state index in [9.17, 15) is 14.7 Å². The van der Waals surface area contributed by atoms with E-state index < -0.39 is 17.9 Å². The molecule has 36 heavy (non-hydrogen) atoms. The number of hydrogen-bond donors (Lipinski definition) is 2. The van der Waals surface area contributed by atoms with Gasteiger partial charge in [0, 0.05) is 24.5 Å². The minimum absolute atomic E-state index is 0.135. The van der Waals surface area contributed by atoms with Gasteiger partial charge in [0.15, 0.2) is 0 Å². The van der Waals surface area contributed by atoms with Crippen molar-refractivity contribution in [1.82, 2.24) is 10.3 Å². The number of furan rings is 1. The lowest BCUT2D eigenvalue weighted by Crippen LogP contribution is -2.41.